The van der Waals surface area contributed by atoms with Gasteiger partial charge in [0.2, 0.25) is 0 Å². The lowest BCUT2D eigenvalue weighted by atomic mass is 9.83. The van der Waals surface area contributed by atoms with Gasteiger partial charge in [0.1, 0.15) is 5.78 Å². The molecule has 5 nitrogen and oxygen atoms in total. The molecule has 1 saturated carbocycles. The van der Waals surface area contributed by atoms with E-state index in [9.17, 15) is 14.7 Å². The Hall–Kier alpha value is -1.20. The fourth-order valence-corrected chi connectivity index (χ4v) is 4.39. The van der Waals surface area contributed by atoms with Gasteiger partial charge in [-0.05, 0) is 56.3 Å². The molecule has 28 heavy (non-hydrogen) atoms. The number of hydrogen-bond acceptors (Lipinski definition) is 3. The summed E-state index contributed by atoms with van der Waals surface area (Å²) in [6, 6.07) is 0. The second-order valence-corrected chi connectivity index (χ2v) is 8.34. The molecule has 0 unspecified atom stereocenters. The molecule has 1 aliphatic rings. The lowest BCUT2D eigenvalue weighted by molar-refractivity contribution is -0.137. The van der Waals surface area contributed by atoms with Gasteiger partial charge in [-0.15, -0.1) is 0 Å². The van der Waals surface area contributed by atoms with Crippen LogP contribution < -0.4 is 0 Å². The molecule has 0 aromatic rings. The first-order valence-electron chi connectivity index (χ1n) is 11.0. The van der Waals surface area contributed by atoms with E-state index in [4.69, 9.17) is 5.11 Å². The number of rotatable bonds is 15. The van der Waals surface area contributed by atoms with Crippen LogP contribution in [0.15, 0.2) is 12.2 Å². The second kappa shape index (κ2) is 15.7. The Balaban J connectivity index is 0.00000729. The van der Waals surface area contributed by atoms with Gasteiger partial charge in [0.05, 0.1) is 6.10 Å². The third kappa shape index (κ3) is 11.0. The molecule has 0 bridgehead atoms. The van der Waals surface area contributed by atoms with Crippen molar-refractivity contribution in [3.63, 3.8) is 0 Å². The monoisotopic (exact) mass is 398 g/mol. The number of aliphatic hydroxyl groups excluding tert-OH is 1. The first kappa shape index (κ1) is 26.8. The van der Waals surface area contributed by atoms with Gasteiger partial charge in [-0.25, -0.2) is 0 Å². The summed E-state index contributed by atoms with van der Waals surface area (Å²) < 4.78 is 0. The second-order valence-electron chi connectivity index (χ2n) is 8.34. The molecule has 0 heterocycles. The predicted molar refractivity (Wildman–Crippen MR) is 113 cm³/mol. The Morgan fingerprint density at radius 3 is 2.36 bits per heavy atom. The van der Waals surface area contributed by atoms with Crippen molar-refractivity contribution in [2.45, 2.75) is 103 Å². The molecule has 4 atom stereocenters. The van der Waals surface area contributed by atoms with Gasteiger partial charge in [0, 0.05) is 19.3 Å². The van der Waals surface area contributed by atoms with Crippen LogP contribution in [0.25, 0.3) is 0 Å². The van der Waals surface area contributed by atoms with Crippen molar-refractivity contribution in [2.24, 2.45) is 17.8 Å². The maximum atomic E-state index is 12.2. The van der Waals surface area contributed by atoms with E-state index in [1.54, 1.807) is 0 Å². The summed E-state index contributed by atoms with van der Waals surface area (Å²) in [5.74, 6) is 0.727. The van der Waals surface area contributed by atoms with Crippen molar-refractivity contribution in [2.75, 3.05) is 0 Å². The number of carboxylic acid groups (broad SMARTS) is 1. The minimum Gasteiger partial charge on any atom is -0.481 e. The van der Waals surface area contributed by atoms with Gasteiger partial charge in [0.15, 0.2) is 0 Å². The molecule has 1 aliphatic carbocycles. The molecular weight excluding hydrogens is 356 g/mol. The van der Waals surface area contributed by atoms with Gasteiger partial charge < -0.3 is 15.7 Å². The van der Waals surface area contributed by atoms with E-state index in [1.807, 2.05) is 6.08 Å². The van der Waals surface area contributed by atoms with Crippen molar-refractivity contribution < 1.29 is 25.3 Å². The highest BCUT2D eigenvalue weighted by Crippen LogP contribution is 2.42. The van der Waals surface area contributed by atoms with Crippen LogP contribution in [-0.4, -0.2) is 33.5 Å². The molecule has 0 aromatic carbocycles. The molecule has 0 saturated heterocycles. The molecule has 5 heteroatoms. The lowest BCUT2D eigenvalue weighted by Crippen LogP contribution is -2.20. The Kier molecular flexibility index (Phi) is 15.0. The number of allylic oxidation sites excluding steroid dienone is 2. The number of ketones is 1. The zero-order valence-electron chi connectivity index (χ0n) is 17.9. The average Bonchev–Trinajstić information content (AvgIpc) is 2.88. The molecule has 1 rings (SSSR count). The summed E-state index contributed by atoms with van der Waals surface area (Å²) in [5.41, 5.74) is 0. The minimum atomic E-state index is -0.751. The maximum absolute atomic E-state index is 12.2. The van der Waals surface area contributed by atoms with E-state index in [1.165, 1.54) is 19.3 Å². The van der Waals surface area contributed by atoms with E-state index in [-0.39, 0.29) is 23.9 Å². The van der Waals surface area contributed by atoms with Crippen molar-refractivity contribution in [1.29, 1.82) is 0 Å². The van der Waals surface area contributed by atoms with Crippen LogP contribution in [-0.2, 0) is 9.59 Å². The van der Waals surface area contributed by atoms with E-state index < -0.39 is 5.97 Å². The fraction of sp³-hybridized carbons (Fsp3) is 0.826. The zero-order valence-corrected chi connectivity index (χ0v) is 17.9. The lowest BCUT2D eigenvalue weighted by Gasteiger charge is -2.23. The topological polar surface area (TPSA) is 106 Å². The van der Waals surface area contributed by atoms with E-state index in [2.05, 4.69) is 19.9 Å². The molecule has 1 fully saturated rings. The number of carbonyl (C=O) groups is 2. The summed E-state index contributed by atoms with van der Waals surface area (Å²) in [5, 5.41) is 19.1. The SMILES string of the molecule is CCCCCCCC(=O)CC[C@@H]1[C@@H](C/C=C\CCCC(=O)O)[C@@H](O)C[C@H]1C.O. The van der Waals surface area contributed by atoms with Crippen LogP contribution in [0, 0.1) is 17.8 Å². The van der Waals surface area contributed by atoms with Gasteiger partial charge in [-0.1, -0.05) is 51.7 Å². The largest absolute Gasteiger partial charge is 0.481 e. The maximum Gasteiger partial charge on any atom is 0.303 e. The zero-order chi connectivity index (χ0) is 20.1. The Labute approximate surface area is 170 Å². The summed E-state index contributed by atoms with van der Waals surface area (Å²) in [4.78, 5) is 22.7. The molecule has 4 N–H and O–H groups in total. The third-order valence-corrected chi connectivity index (χ3v) is 6.04. The van der Waals surface area contributed by atoms with Crippen molar-refractivity contribution in [3.05, 3.63) is 12.2 Å². The summed E-state index contributed by atoms with van der Waals surface area (Å²) in [6.07, 6.45) is 15.3. The first-order chi connectivity index (χ1) is 13.0. The van der Waals surface area contributed by atoms with Gasteiger partial charge in [-0.3, -0.25) is 9.59 Å². The Bertz CT molecular complexity index is 460. The van der Waals surface area contributed by atoms with Crippen LogP contribution >= 0.6 is 0 Å². The van der Waals surface area contributed by atoms with Crippen molar-refractivity contribution in [1.82, 2.24) is 0 Å². The van der Waals surface area contributed by atoms with E-state index in [0.29, 0.717) is 36.9 Å². The standard InChI is InChI=1S/C23H40O4.H2O/c1-3-4-5-6-9-12-19(24)15-16-20-18(2)17-22(25)21(20)13-10-7-8-11-14-23(26)27;/h7,10,18,20-22,25H,3-6,8-9,11-17H2,1-2H3,(H,26,27);1H2/b10-7-;/t18-,20+,21-,22+;/m1./s1. The number of aliphatic carboxylic acids is 1. The smallest absolute Gasteiger partial charge is 0.303 e. The quantitative estimate of drug-likeness (QED) is 0.308. The molecule has 164 valence electrons. The average molecular weight is 399 g/mol. The highest BCUT2D eigenvalue weighted by Gasteiger charge is 2.39. The molecular formula is C23H42O5. The Morgan fingerprint density at radius 2 is 1.68 bits per heavy atom. The third-order valence-electron chi connectivity index (χ3n) is 6.04. The fourth-order valence-electron chi connectivity index (χ4n) is 4.39. The highest BCUT2D eigenvalue weighted by atomic mass is 16.4. The summed E-state index contributed by atoms with van der Waals surface area (Å²) in [7, 11) is 0. The first-order valence-corrected chi connectivity index (χ1v) is 11.0. The van der Waals surface area contributed by atoms with Crippen LogP contribution in [0.3, 0.4) is 0 Å². The van der Waals surface area contributed by atoms with E-state index >= 15 is 0 Å². The van der Waals surface area contributed by atoms with Crippen molar-refractivity contribution in [3.8, 4) is 0 Å². The number of carbonyl (C=O) groups excluding carboxylic acids is 1. The molecule has 0 aromatic heterocycles. The normalized spacial score (nSPS) is 24.4. The molecule has 0 amide bonds. The van der Waals surface area contributed by atoms with E-state index in [0.717, 1.165) is 38.5 Å². The van der Waals surface area contributed by atoms with Crippen LogP contribution in [0.5, 0.6) is 0 Å². The minimum absolute atomic E-state index is 0. The molecule has 0 spiro atoms. The number of unbranched alkanes of at least 4 members (excludes halogenated alkanes) is 5. The van der Waals surface area contributed by atoms with Crippen LogP contribution in [0.4, 0.5) is 0 Å². The Morgan fingerprint density at radius 1 is 0.964 bits per heavy atom. The predicted octanol–water partition coefficient (Wildman–Crippen LogP) is 4.71. The summed E-state index contributed by atoms with van der Waals surface area (Å²) >= 11 is 0. The number of aliphatic hydroxyl groups is 1. The number of Topliss-reactive ketones (excluding diaryl/α,β-unsaturated/α-hetero) is 1. The van der Waals surface area contributed by atoms with Gasteiger partial charge in [0.25, 0.3) is 0 Å². The van der Waals surface area contributed by atoms with Gasteiger partial charge in [-0.2, -0.15) is 0 Å². The van der Waals surface area contributed by atoms with Crippen LogP contribution in [0.1, 0.15) is 97.3 Å². The van der Waals surface area contributed by atoms with Crippen LogP contribution in [0.2, 0.25) is 0 Å². The highest BCUT2D eigenvalue weighted by molar-refractivity contribution is 5.78. The number of carboxylic acids is 1. The summed E-state index contributed by atoms with van der Waals surface area (Å²) in [6.45, 7) is 4.39. The molecule has 0 aliphatic heterocycles. The number of hydrogen-bond donors (Lipinski definition) is 2. The van der Waals surface area contributed by atoms with Gasteiger partial charge >= 0.3 is 5.97 Å². The van der Waals surface area contributed by atoms with Crippen molar-refractivity contribution >= 4 is 11.8 Å². The molecule has 0 radical (unpaired) electrons.